The number of thiazole rings is 1. The normalized spacial score (nSPS) is 16.7. The Morgan fingerprint density at radius 2 is 2.11 bits per heavy atom. The van der Waals surface area contributed by atoms with Crippen molar-refractivity contribution in [2.75, 3.05) is 7.11 Å². The van der Waals surface area contributed by atoms with Crippen LogP contribution in [0, 0.1) is 0 Å². The Bertz CT molecular complexity index is 1270. The lowest BCUT2D eigenvalue weighted by Gasteiger charge is -2.25. The molecular formula is C20H15ClN2O4S. The highest BCUT2D eigenvalue weighted by Gasteiger charge is 2.34. The minimum absolute atomic E-state index is 0.279. The molecule has 0 spiro atoms. The fraction of sp³-hybridized carbons (Fsp3) is 0.150. The van der Waals surface area contributed by atoms with Crippen LogP contribution in [-0.2, 0) is 9.53 Å². The molecule has 4 rings (SSSR count). The predicted octanol–water partition coefficient (Wildman–Crippen LogP) is 2.65. The molecule has 1 aliphatic heterocycles. The van der Waals surface area contributed by atoms with Gasteiger partial charge in [0, 0.05) is 11.1 Å². The maximum Gasteiger partial charge on any atom is 0.338 e. The summed E-state index contributed by atoms with van der Waals surface area (Å²) in [5.41, 5.74) is 1.12. The first-order valence-electron chi connectivity index (χ1n) is 8.40. The maximum absolute atomic E-state index is 13.2. The van der Waals surface area contributed by atoms with Gasteiger partial charge in [0.25, 0.3) is 5.56 Å². The van der Waals surface area contributed by atoms with Crippen LogP contribution in [0.1, 0.15) is 24.3 Å². The minimum atomic E-state index is -0.726. The van der Waals surface area contributed by atoms with Crippen molar-refractivity contribution in [1.82, 2.24) is 4.57 Å². The molecule has 0 saturated carbocycles. The topological polar surface area (TPSA) is 73.8 Å². The molecule has 0 fully saturated rings. The number of nitrogens with zero attached hydrogens (tertiary/aromatic N) is 2. The van der Waals surface area contributed by atoms with Crippen LogP contribution in [0.15, 0.2) is 68.1 Å². The Morgan fingerprint density at radius 1 is 1.32 bits per heavy atom. The molecule has 6 nitrogen and oxygen atoms in total. The van der Waals surface area contributed by atoms with E-state index in [1.807, 2.05) is 6.07 Å². The third-order valence-corrected chi connectivity index (χ3v) is 5.77. The van der Waals surface area contributed by atoms with E-state index in [0.717, 1.165) is 0 Å². The highest BCUT2D eigenvalue weighted by Crippen LogP contribution is 2.34. The minimum Gasteiger partial charge on any atom is -0.466 e. The van der Waals surface area contributed by atoms with E-state index in [1.54, 1.807) is 43.3 Å². The second kappa shape index (κ2) is 7.26. The van der Waals surface area contributed by atoms with Crippen LogP contribution in [0.25, 0.3) is 6.08 Å². The summed E-state index contributed by atoms with van der Waals surface area (Å²) in [6.45, 7) is 1.72. The molecule has 28 heavy (non-hydrogen) atoms. The summed E-state index contributed by atoms with van der Waals surface area (Å²) in [7, 11) is 1.30. The number of hydrogen-bond donors (Lipinski definition) is 0. The number of carbonyl (C=O) groups excluding carboxylic acids is 1. The van der Waals surface area contributed by atoms with E-state index in [2.05, 4.69) is 4.99 Å². The van der Waals surface area contributed by atoms with Crippen molar-refractivity contribution in [3.8, 4) is 0 Å². The molecule has 1 atom stereocenters. The van der Waals surface area contributed by atoms with Crippen molar-refractivity contribution in [3.05, 3.63) is 90.0 Å². The molecule has 0 radical (unpaired) electrons. The summed E-state index contributed by atoms with van der Waals surface area (Å²) in [5, 5.41) is 0.448. The summed E-state index contributed by atoms with van der Waals surface area (Å²) < 4.78 is 12.2. The van der Waals surface area contributed by atoms with Crippen LogP contribution >= 0.6 is 22.9 Å². The van der Waals surface area contributed by atoms with Crippen LogP contribution in [0.5, 0.6) is 0 Å². The molecule has 2 aromatic heterocycles. The Hall–Kier alpha value is -2.90. The first-order chi connectivity index (χ1) is 13.5. The van der Waals surface area contributed by atoms with Gasteiger partial charge in [-0.25, -0.2) is 9.79 Å². The predicted molar refractivity (Wildman–Crippen MR) is 106 cm³/mol. The van der Waals surface area contributed by atoms with Crippen molar-refractivity contribution < 1.29 is 13.9 Å². The van der Waals surface area contributed by atoms with Crippen molar-refractivity contribution in [2.45, 2.75) is 13.0 Å². The number of methoxy groups -OCH3 is 1. The smallest absolute Gasteiger partial charge is 0.338 e. The summed E-state index contributed by atoms with van der Waals surface area (Å²) in [5.74, 6) is 0.00921. The van der Waals surface area contributed by atoms with Gasteiger partial charge in [0.1, 0.15) is 11.8 Å². The molecule has 1 aliphatic rings. The molecular weight excluding hydrogens is 400 g/mol. The average Bonchev–Trinajstić information content (AvgIpc) is 3.29. The third kappa shape index (κ3) is 3.02. The zero-order valence-corrected chi connectivity index (χ0v) is 16.6. The monoisotopic (exact) mass is 414 g/mol. The zero-order chi connectivity index (χ0) is 19.8. The van der Waals surface area contributed by atoms with Crippen molar-refractivity contribution in [1.29, 1.82) is 0 Å². The number of halogens is 1. The Balaban J connectivity index is 2.03. The van der Waals surface area contributed by atoms with Crippen LogP contribution in [-0.4, -0.2) is 17.6 Å². The van der Waals surface area contributed by atoms with Gasteiger partial charge in [-0.3, -0.25) is 9.36 Å². The quantitative estimate of drug-likeness (QED) is 0.617. The lowest BCUT2D eigenvalue weighted by molar-refractivity contribution is -0.136. The number of benzene rings is 1. The molecule has 0 bridgehead atoms. The van der Waals surface area contributed by atoms with Crippen LogP contribution < -0.4 is 14.9 Å². The number of rotatable bonds is 3. The number of aromatic nitrogens is 1. The van der Waals surface area contributed by atoms with Gasteiger partial charge in [0.15, 0.2) is 4.80 Å². The molecule has 0 N–H and O–H groups in total. The van der Waals surface area contributed by atoms with E-state index in [1.165, 1.54) is 29.3 Å². The van der Waals surface area contributed by atoms with Crippen molar-refractivity contribution in [3.63, 3.8) is 0 Å². The molecule has 1 aromatic carbocycles. The Labute approximate surface area is 168 Å². The van der Waals surface area contributed by atoms with Gasteiger partial charge in [-0.15, -0.1) is 0 Å². The summed E-state index contributed by atoms with van der Waals surface area (Å²) in [6.07, 6.45) is 3.19. The largest absolute Gasteiger partial charge is 0.466 e. The number of esters is 1. The van der Waals surface area contributed by atoms with E-state index >= 15 is 0 Å². The molecule has 0 amide bonds. The van der Waals surface area contributed by atoms with Gasteiger partial charge >= 0.3 is 5.97 Å². The van der Waals surface area contributed by atoms with E-state index in [-0.39, 0.29) is 11.1 Å². The Kier molecular flexibility index (Phi) is 4.78. The SMILES string of the molecule is COC(=O)C1=C(C)N=c2s/c(=C\c3ccco3)c(=O)n2[C@@H]1c1ccccc1Cl. The van der Waals surface area contributed by atoms with Crippen LogP contribution in [0.3, 0.4) is 0 Å². The molecule has 0 saturated heterocycles. The van der Waals surface area contributed by atoms with Gasteiger partial charge in [0.2, 0.25) is 0 Å². The number of ether oxygens (including phenoxy) is 1. The second-order valence-corrected chi connectivity index (χ2v) is 7.53. The fourth-order valence-corrected chi connectivity index (χ4v) is 4.45. The molecule has 3 heterocycles. The second-order valence-electron chi connectivity index (χ2n) is 6.11. The third-order valence-electron chi connectivity index (χ3n) is 4.44. The number of hydrogen-bond acceptors (Lipinski definition) is 6. The standard InChI is InChI=1S/C20H15ClN2O4S/c1-11-16(19(25)26-2)17(13-7-3-4-8-14(13)21)23-18(24)15(28-20(23)22-11)10-12-6-5-9-27-12/h3-10,17H,1-2H3/b15-10-/t17-/m1/s1. The highest BCUT2D eigenvalue weighted by molar-refractivity contribution is 7.07. The van der Waals surface area contributed by atoms with Crippen LogP contribution in [0.4, 0.5) is 0 Å². The van der Waals surface area contributed by atoms with E-state index in [0.29, 0.717) is 31.4 Å². The Morgan fingerprint density at radius 3 is 2.79 bits per heavy atom. The van der Waals surface area contributed by atoms with Crippen molar-refractivity contribution in [2.24, 2.45) is 4.99 Å². The lowest BCUT2D eigenvalue weighted by atomic mass is 9.96. The van der Waals surface area contributed by atoms with E-state index in [4.69, 9.17) is 20.8 Å². The average molecular weight is 415 g/mol. The van der Waals surface area contributed by atoms with Gasteiger partial charge in [0.05, 0.1) is 29.2 Å². The summed E-state index contributed by atoms with van der Waals surface area (Å²) in [4.78, 5) is 30.7. The fourth-order valence-electron chi connectivity index (χ4n) is 3.19. The van der Waals surface area contributed by atoms with Gasteiger partial charge in [-0.2, -0.15) is 0 Å². The number of furan rings is 1. The summed E-state index contributed by atoms with van der Waals surface area (Å²) in [6, 6.07) is 9.89. The first kappa shape index (κ1) is 18.5. The van der Waals surface area contributed by atoms with Crippen LogP contribution in [0.2, 0.25) is 5.02 Å². The number of carbonyl (C=O) groups is 1. The van der Waals surface area contributed by atoms with Gasteiger partial charge < -0.3 is 9.15 Å². The highest BCUT2D eigenvalue weighted by atomic mass is 35.5. The van der Waals surface area contributed by atoms with Gasteiger partial charge in [-0.05, 0) is 30.7 Å². The number of allylic oxidation sites excluding steroid dienone is 1. The first-order valence-corrected chi connectivity index (χ1v) is 9.59. The van der Waals surface area contributed by atoms with Crippen molar-refractivity contribution >= 4 is 35.0 Å². The van der Waals surface area contributed by atoms with Gasteiger partial charge in [-0.1, -0.05) is 41.1 Å². The molecule has 0 aliphatic carbocycles. The van der Waals surface area contributed by atoms with E-state index < -0.39 is 12.0 Å². The maximum atomic E-state index is 13.2. The molecule has 142 valence electrons. The molecule has 0 unspecified atom stereocenters. The summed E-state index contributed by atoms with van der Waals surface area (Å²) >= 11 is 7.65. The zero-order valence-electron chi connectivity index (χ0n) is 15.0. The van der Waals surface area contributed by atoms with E-state index in [9.17, 15) is 9.59 Å². The number of fused-ring (bicyclic) bond motifs is 1. The lowest BCUT2D eigenvalue weighted by Crippen LogP contribution is -2.39. The molecule has 3 aromatic rings. The molecule has 8 heteroatoms.